The maximum atomic E-state index is 5.61. The molecule has 0 bridgehead atoms. The standard InChI is InChI=1S/C6H6ClNS/c1-4-6(9)2-5(7)3-8-4/h2-3,9H,1H3. The van der Waals surface area contributed by atoms with Gasteiger partial charge in [-0.25, -0.2) is 0 Å². The molecule has 1 aromatic rings. The van der Waals surface area contributed by atoms with E-state index in [1.807, 2.05) is 6.92 Å². The molecular weight excluding hydrogens is 154 g/mol. The van der Waals surface area contributed by atoms with E-state index in [2.05, 4.69) is 17.6 Å². The highest BCUT2D eigenvalue weighted by molar-refractivity contribution is 7.80. The Morgan fingerprint density at radius 2 is 2.33 bits per heavy atom. The van der Waals surface area contributed by atoms with Crippen molar-refractivity contribution in [2.45, 2.75) is 11.8 Å². The molecule has 1 nitrogen and oxygen atoms in total. The van der Waals surface area contributed by atoms with Crippen molar-refractivity contribution in [1.29, 1.82) is 0 Å². The first-order valence-electron chi connectivity index (χ1n) is 2.51. The zero-order valence-corrected chi connectivity index (χ0v) is 6.58. The van der Waals surface area contributed by atoms with Crippen LogP contribution in [0.15, 0.2) is 17.2 Å². The highest BCUT2D eigenvalue weighted by Crippen LogP contribution is 2.14. The minimum Gasteiger partial charge on any atom is -0.259 e. The predicted octanol–water partition coefficient (Wildman–Crippen LogP) is 2.33. The minimum atomic E-state index is 0.630. The predicted molar refractivity (Wildman–Crippen MR) is 41.2 cm³/mol. The average Bonchev–Trinajstić information content (AvgIpc) is 1.80. The molecule has 0 fully saturated rings. The van der Waals surface area contributed by atoms with Crippen molar-refractivity contribution in [1.82, 2.24) is 4.98 Å². The summed E-state index contributed by atoms with van der Waals surface area (Å²) in [5, 5.41) is 0.630. The van der Waals surface area contributed by atoms with Gasteiger partial charge in [0.1, 0.15) is 0 Å². The zero-order valence-electron chi connectivity index (χ0n) is 4.93. The first kappa shape index (κ1) is 6.90. The third-order valence-electron chi connectivity index (χ3n) is 1.03. The molecule has 1 heterocycles. The summed E-state index contributed by atoms with van der Waals surface area (Å²) in [6, 6.07) is 1.77. The van der Waals surface area contributed by atoms with Gasteiger partial charge in [-0.05, 0) is 13.0 Å². The van der Waals surface area contributed by atoms with Crippen molar-refractivity contribution >= 4 is 24.2 Å². The Morgan fingerprint density at radius 3 is 2.78 bits per heavy atom. The van der Waals surface area contributed by atoms with E-state index in [4.69, 9.17) is 11.6 Å². The number of halogens is 1. The molecule has 48 valence electrons. The number of aryl methyl sites for hydroxylation is 1. The maximum Gasteiger partial charge on any atom is 0.0600 e. The second kappa shape index (κ2) is 2.58. The molecule has 0 N–H and O–H groups in total. The van der Waals surface area contributed by atoms with Crippen LogP contribution in [0.4, 0.5) is 0 Å². The minimum absolute atomic E-state index is 0.630. The molecule has 0 aliphatic rings. The molecule has 0 unspecified atom stereocenters. The van der Waals surface area contributed by atoms with Crippen LogP contribution in [0.1, 0.15) is 5.69 Å². The van der Waals surface area contributed by atoms with Crippen LogP contribution in [0.25, 0.3) is 0 Å². The molecule has 1 aromatic heterocycles. The smallest absolute Gasteiger partial charge is 0.0600 e. The summed E-state index contributed by atoms with van der Waals surface area (Å²) in [7, 11) is 0. The summed E-state index contributed by atoms with van der Waals surface area (Å²) in [5.41, 5.74) is 0.905. The zero-order chi connectivity index (χ0) is 6.85. The third kappa shape index (κ3) is 1.60. The third-order valence-corrected chi connectivity index (χ3v) is 1.69. The summed E-state index contributed by atoms with van der Waals surface area (Å²) in [4.78, 5) is 4.81. The highest BCUT2D eigenvalue weighted by atomic mass is 35.5. The van der Waals surface area contributed by atoms with Gasteiger partial charge in [-0.1, -0.05) is 11.6 Å². The van der Waals surface area contributed by atoms with Crippen LogP contribution in [0.5, 0.6) is 0 Å². The Hall–Kier alpha value is -0.210. The van der Waals surface area contributed by atoms with Crippen LogP contribution in [-0.2, 0) is 0 Å². The van der Waals surface area contributed by atoms with Crippen LogP contribution in [0.3, 0.4) is 0 Å². The molecule has 0 radical (unpaired) electrons. The van der Waals surface area contributed by atoms with E-state index in [1.54, 1.807) is 12.3 Å². The number of pyridine rings is 1. The lowest BCUT2D eigenvalue weighted by Crippen LogP contribution is -1.80. The number of thiol groups is 1. The Bertz CT molecular complexity index is 224. The van der Waals surface area contributed by atoms with Crippen LogP contribution in [0, 0.1) is 6.92 Å². The second-order valence-corrected chi connectivity index (χ2v) is 2.68. The van der Waals surface area contributed by atoms with Gasteiger partial charge in [-0.2, -0.15) is 0 Å². The molecule has 0 aliphatic heterocycles. The number of rotatable bonds is 0. The van der Waals surface area contributed by atoms with E-state index >= 15 is 0 Å². The Balaban J connectivity index is 3.17. The summed E-state index contributed by atoms with van der Waals surface area (Å²) >= 11 is 9.73. The Labute approximate surface area is 64.5 Å². The summed E-state index contributed by atoms with van der Waals surface area (Å²) < 4.78 is 0. The molecule has 0 amide bonds. The summed E-state index contributed by atoms with van der Waals surface area (Å²) in [5.74, 6) is 0. The molecule has 0 saturated heterocycles. The van der Waals surface area contributed by atoms with E-state index in [0.717, 1.165) is 10.6 Å². The van der Waals surface area contributed by atoms with Gasteiger partial charge in [0.05, 0.1) is 10.7 Å². The van der Waals surface area contributed by atoms with Crippen LogP contribution in [0.2, 0.25) is 5.02 Å². The summed E-state index contributed by atoms with van der Waals surface area (Å²) in [6.07, 6.45) is 1.61. The summed E-state index contributed by atoms with van der Waals surface area (Å²) in [6.45, 7) is 1.89. The van der Waals surface area contributed by atoms with E-state index in [9.17, 15) is 0 Å². The molecule has 0 aromatic carbocycles. The van der Waals surface area contributed by atoms with Gasteiger partial charge < -0.3 is 0 Å². The second-order valence-electron chi connectivity index (χ2n) is 1.76. The lowest BCUT2D eigenvalue weighted by atomic mass is 10.4. The van der Waals surface area contributed by atoms with Gasteiger partial charge in [0.2, 0.25) is 0 Å². The fourth-order valence-electron chi connectivity index (χ4n) is 0.497. The quantitative estimate of drug-likeness (QED) is 0.574. The number of hydrogen-bond acceptors (Lipinski definition) is 2. The van der Waals surface area contributed by atoms with Crippen molar-refractivity contribution in [2.75, 3.05) is 0 Å². The Morgan fingerprint density at radius 1 is 1.67 bits per heavy atom. The molecule has 0 spiro atoms. The number of hydrogen-bond donors (Lipinski definition) is 1. The van der Waals surface area contributed by atoms with Gasteiger partial charge in [0.25, 0.3) is 0 Å². The van der Waals surface area contributed by atoms with Gasteiger partial charge in [0.15, 0.2) is 0 Å². The first-order chi connectivity index (χ1) is 4.20. The lowest BCUT2D eigenvalue weighted by Gasteiger charge is -1.95. The van der Waals surface area contributed by atoms with Crippen molar-refractivity contribution in [3.63, 3.8) is 0 Å². The SMILES string of the molecule is Cc1ncc(Cl)cc1S. The van der Waals surface area contributed by atoms with Crippen molar-refractivity contribution in [2.24, 2.45) is 0 Å². The highest BCUT2D eigenvalue weighted by Gasteiger charge is 1.93. The normalized spacial score (nSPS) is 9.67. The van der Waals surface area contributed by atoms with Gasteiger partial charge in [-0.15, -0.1) is 12.6 Å². The van der Waals surface area contributed by atoms with Crippen LogP contribution >= 0.6 is 24.2 Å². The van der Waals surface area contributed by atoms with E-state index in [1.165, 1.54) is 0 Å². The molecule has 9 heavy (non-hydrogen) atoms. The van der Waals surface area contributed by atoms with Gasteiger partial charge in [0, 0.05) is 11.1 Å². The molecule has 0 saturated carbocycles. The topological polar surface area (TPSA) is 12.9 Å². The van der Waals surface area contributed by atoms with Crippen LogP contribution in [-0.4, -0.2) is 4.98 Å². The molecule has 0 atom stereocenters. The van der Waals surface area contributed by atoms with E-state index in [0.29, 0.717) is 5.02 Å². The average molecular weight is 160 g/mol. The molecular formula is C6H6ClNS. The first-order valence-corrected chi connectivity index (χ1v) is 3.34. The molecule has 1 rings (SSSR count). The van der Waals surface area contributed by atoms with Crippen molar-refractivity contribution in [3.05, 3.63) is 23.0 Å². The maximum absolute atomic E-state index is 5.61. The lowest BCUT2D eigenvalue weighted by molar-refractivity contribution is 1.12. The van der Waals surface area contributed by atoms with Gasteiger partial charge >= 0.3 is 0 Å². The monoisotopic (exact) mass is 159 g/mol. The fraction of sp³-hybridized carbons (Fsp3) is 0.167. The van der Waals surface area contributed by atoms with Gasteiger partial charge in [-0.3, -0.25) is 4.98 Å². The Kier molecular flexibility index (Phi) is 1.98. The number of aromatic nitrogens is 1. The van der Waals surface area contributed by atoms with Crippen molar-refractivity contribution in [3.8, 4) is 0 Å². The van der Waals surface area contributed by atoms with Crippen molar-refractivity contribution < 1.29 is 0 Å². The van der Waals surface area contributed by atoms with E-state index in [-0.39, 0.29) is 0 Å². The molecule has 3 heteroatoms. The van der Waals surface area contributed by atoms with E-state index < -0.39 is 0 Å². The number of nitrogens with zero attached hydrogens (tertiary/aromatic N) is 1. The van der Waals surface area contributed by atoms with Crippen LogP contribution < -0.4 is 0 Å². The largest absolute Gasteiger partial charge is 0.259 e. The fourth-order valence-corrected chi connectivity index (χ4v) is 0.928. The molecule has 0 aliphatic carbocycles.